The zero-order valence-corrected chi connectivity index (χ0v) is 18.5. The Kier molecular flexibility index (Phi) is 5.28. The minimum Gasteiger partial charge on any atom is -0.364 e. The van der Waals surface area contributed by atoms with Crippen LogP contribution in [0.3, 0.4) is 0 Å². The molecule has 5 rings (SSSR count). The van der Waals surface area contributed by atoms with Crippen LogP contribution in [0.2, 0.25) is 0 Å². The largest absolute Gasteiger partial charge is 0.364 e. The van der Waals surface area contributed by atoms with Crippen molar-refractivity contribution in [2.45, 2.75) is 23.0 Å². The highest BCUT2D eigenvalue weighted by molar-refractivity contribution is 8.24. The summed E-state index contributed by atoms with van der Waals surface area (Å²) in [5.74, 6) is -0.497. The van der Waals surface area contributed by atoms with Crippen molar-refractivity contribution in [3.63, 3.8) is 0 Å². The van der Waals surface area contributed by atoms with E-state index in [4.69, 9.17) is 0 Å². The van der Waals surface area contributed by atoms with Crippen LogP contribution in [0.4, 0.5) is 10.5 Å². The van der Waals surface area contributed by atoms with Gasteiger partial charge in [-0.2, -0.15) is 10.6 Å². The first-order chi connectivity index (χ1) is 15.8. The summed E-state index contributed by atoms with van der Waals surface area (Å²) in [6.07, 6.45) is 0. The first kappa shape index (κ1) is 21.7. The molecule has 0 aliphatic carbocycles. The number of para-hydroxylation sites is 1. The maximum Gasteiger partial charge on any atom is 0.322 e. The van der Waals surface area contributed by atoms with Gasteiger partial charge in [0.2, 0.25) is 0 Å². The van der Waals surface area contributed by atoms with E-state index in [0.29, 0.717) is 30.1 Å². The van der Waals surface area contributed by atoms with E-state index in [1.165, 1.54) is 0 Å². The number of imide groups is 1. The molecule has 2 aromatic rings. The van der Waals surface area contributed by atoms with Crippen molar-refractivity contribution >= 4 is 34.1 Å². The Balaban J connectivity index is 1.27. The molecule has 2 unspecified atom stereocenters. The fourth-order valence-electron chi connectivity index (χ4n) is 4.61. The Bertz CT molecular complexity index is 1120. The zero-order chi connectivity index (χ0) is 23.2. The van der Waals surface area contributed by atoms with Crippen LogP contribution in [-0.2, 0) is 11.3 Å². The summed E-state index contributed by atoms with van der Waals surface area (Å²) < 4.78 is 20.7. The maximum absolute atomic E-state index is 12.8. The van der Waals surface area contributed by atoms with Crippen molar-refractivity contribution in [3.8, 4) is 0 Å². The van der Waals surface area contributed by atoms with Crippen molar-refractivity contribution in [3.05, 3.63) is 59.7 Å². The first-order valence-corrected chi connectivity index (χ1v) is 12.3. The van der Waals surface area contributed by atoms with Gasteiger partial charge in [-0.3, -0.25) is 24.0 Å². The first-order valence-electron chi connectivity index (χ1n) is 10.6. The van der Waals surface area contributed by atoms with Gasteiger partial charge in [-0.05, 0) is 29.8 Å². The van der Waals surface area contributed by atoms with E-state index >= 15 is 0 Å². The topological polar surface area (TPSA) is 143 Å². The van der Waals surface area contributed by atoms with Gasteiger partial charge in [0.1, 0.15) is 0 Å². The van der Waals surface area contributed by atoms with Crippen molar-refractivity contribution in [2.75, 3.05) is 30.3 Å². The highest BCUT2D eigenvalue weighted by Gasteiger charge is 2.55. The number of amides is 4. The molecule has 10 nitrogen and oxygen atoms in total. The van der Waals surface area contributed by atoms with Crippen LogP contribution < -0.4 is 26.2 Å². The minimum absolute atomic E-state index is 0.246. The summed E-state index contributed by atoms with van der Waals surface area (Å²) in [4.78, 5) is 39.4. The second-order valence-corrected chi connectivity index (χ2v) is 10.7. The molecule has 2 atom stereocenters. The van der Waals surface area contributed by atoms with Gasteiger partial charge in [-0.15, -0.1) is 0 Å². The van der Waals surface area contributed by atoms with Gasteiger partial charge in [-0.25, -0.2) is 4.79 Å². The average Bonchev–Trinajstić information content (AvgIpc) is 3.32. The number of anilines is 1. The number of hydrogen-bond acceptors (Lipinski definition) is 7. The molecule has 174 valence electrons. The smallest absolute Gasteiger partial charge is 0.322 e. The van der Waals surface area contributed by atoms with Crippen molar-refractivity contribution in [2.24, 2.45) is 0 Å². The number of nitrogens with zero attached hydrogens (tertiary/aromatic N) is 1. The van der Waals surface area contributed by atoms with Gasteiger partial charge in [0, 0.05) is 31.7 Å². The predicted octanol–water partition coefficient (Wildman–Crippen LogP) is 1.10. The van der Waals surface area contributed by atoms with Crippen LogP contribution >= 0.6 is 10.6 Å². The molecule has 3 aliphatic heterocycles. The molecule has 0 saturated carbocycles. The lowest BCUT2D eigenvalue weighted by Gasteiger charge is -2.43. The number of carbonyl (C=O) groups is 3. The molecule has 11 heteroatoms. The molecule has 3 heterocycles. The molecule has 2 aromatic carbocycles. The summed E-state index contributed by atoms with van der Waals surface area (Å²) in [7, 11) is -2.77. The lowest BCUT2D eigenvalue weighted by atomic mass is 9.93. The molecule has 33 heavy (non-hydrogen) atoms. The number of benzene rings is 2. The molecular weight excluding hydrogens is 446 g/mol. The monoisotopic (exact) mass is 471 g/mol. The highest BCUT2D eigenvalue weighted by atomic mass is 32.3. The third kappa shape index (κ3) is 3.82. The fourth-order valence-corrected chi connectivity index (χ4v) is 6.13. The molecular formula is C22H25N5O5S. The molecule has 0 radical (unpaired) electrons. The summed E-state index contributed by atoms with van der Waals surface area (Å²) in [6, 6.07) is 13.3. The van der Waals surface area contributed by atoms with E-state index < -0.39 is 34.1 Å². The van der Waals surface area contributed by atoms with Crippen molar-refractivity contribution < 1.29 is 23.5 Å². The van der Waals surface area contributed by atoms with E-state index in [2.05, 4.69) is 26.2 Å². The Hall–Kier alpha value is -3.12. The van der Waals surface area contributed by atoms with Gasteiger partial charge in [-0.1, -0.05) is 24.3 Å². The van der Waals surface area contributed by atoms with E-state index in [1.807, 2.05) is 24.3 Å². The van der Waals surface area contributed by atoms with E-state index in [0.717, 1.165) is 11.3 Å². The Morgan fingerprint density at radius 2 is 1.91 bits per heavy atom. The van der Waals surface area contributed by atoms with Gasteiger partial charge in [0.25, 0.3) is 11.8 Å². The van der Waals surface area contributed by atoms with Crippen LogP contribution in [0.15, 0.2) is 53.4 Å². The number of fused-ring (bicyclic) bond motifs is 1. The SMILES string of the molecule is O=C1NC(=O)C2(CNCC2NC(=O)c2ccc(CN3CCS(O)(O)c4ccccc43)cc2)N1. The van der Waals surface area contributed by atoms with Crippen molar-refractivity contribution in [1.29, 1.82) is 0 Å². The molecule has 2 fully saturated rings. The Morgan fingerprint density at radius 1 is 1.15 bits per heavy atom. The molecule has 4 amide bonds. The highest BCUT2D eigenvalue weighted by Crippen LogP contribution is 2.55. The fraction of sp³-hybridized carbons (Fsp3) is 0.318. The molecule has 6 N–H and O–H groups in total. The van der Waals surface area contributed by atoms with Crippen LogP contribution in [0.25, 0.3) is 0 Å². The summed E-state index contributed by atoms with van der Waals surface area (Å²) in [5.41, 5.74) is 1.05. The van der Waals surface area contributed by atoms with Gasteiger partial charge < -0.3 is 20.9 Å². The summed E-state index contributed by atoms with van der Waals surface area (Å²) in [5, 5.41) is 10.8. The van der Waals surface area contributed by atoms with E-state index in [9.17, 15) is 23.5 Å². The number of rotatable bonds is 4. The van der Waals surface area contributed by atoms with Crippen LogP contribution in [0, 0.1) is 0 Å². The van der Waals surface area contributed by atoms with E-state index in [1.54, 1.807) is 24.3 Å². The Labute approximate surface area is 192 Å². The lowest BCUT2D eigenvalue weighted by Crippen LogP contribution is -2.62. The number of hydrogen-bond donors (Lipinski definition) is 6. The quantitative estimate of drug-likeness (QED) is 0.367. The van der Waals surface area contributed by atoms with Gasteiger partial charge in [0.15, 0.2) is 5.54 Å². The third-order valence-corrected chi connectivity index (χ3v) is 8.22. The molecule has 2 saturated heterocycles. The maximum atomic E-state index is 12.8. The molecule has 0 bridgehead atoms. The third-order valence-electron chi connectivity index (χ3n) is 6.41. The minimum atomic E-state index is -2.77. The normalized spacial score (nSPS) is 26.5. The summed E-state index contributed by atoms with van der Waals surface area (Å²) >= 11 is 0. The second-order valence-electron chi connectivity index (χ2n) is 8.49. The van der Waals surface area contributed by atoms with Crippen LogP contribution in [-0.4, -0.2) is 63.9 Å². The predicted molar refractivity (Wildman–Crippen MR) is 123 cm³/mol. The standard InChI is InChI=1S/C22H25N5O5S/c28-19(24-18-11-23-13-22(18)20(29)25-21(30)26-22)15-7-5-14(6-8-15)12-27-9-10-33(31,32)17-4-2-1-3-16(17)27/h1-8,18,23,31-32H,9-13H2,(H,24,28)(H2,25,26,29,30). The van der Waals surface area contributed by atoms with E-state index in [-0.39, 0.29) is 18.2 Å². The molecule has 3 aliphatic rings. The zero-order valence-electron chi connectivity index (χ0n) is 17.7. The number of carbonyl (C=O) groups excluding carboxylic acids is 3. The van der Waals surface area contributed by atoms with Crippen LogP contribution in [0.1, 0.15) is 15.9 Å². The number of nitrogens with one attached hydrogen (secondary N) is 4. The second kappa shape index (κ2) is 8.03. The lowest BCUT2D eigenvalue weighted by molar-refractivity contribution is -0.123. The van der Waals surface area contributed by atoms with Gasteiger partial charge >= 0.3 is 6.03 Å². The molecule has 0 aromatic heterocycles. The average molecular weight is 472 g/mol. The van der Waals surface area contributed by atoms with Crippen molar-refractivity contribution in [1.82, 2.24) is 21.3 Å². The number of urea groups is 1. The van der Waals surface area contributed by atoms with Gasteiger partial charge in [0.05, 0.1) is 22.4 Å². The van der Waals surface area contributed by atoms with Crippen LogP contribution in [0.5, 0.6) is 0 Å². The Morgan fingerprint density at radius 3 is 2.64 bits per heavy atom. The molecule has 1 spiro atoms. The summed E-state index contributed by atoms with van der Waals surface area (Å²) in [6.45, 7) is 1.70.